The van der Waals surface area contributed by atoms with Crippen LogP contribution in [0.5, 0.6) is 11.5 Å². The molecule has 6 nitrogen and oxygen atoms in total. The third kappa shape index (κ3) is 2.84. The molecule has 0 spiro atoms. The zero-order valence-electron chi connectivity index (χ0n) is 11.2. The molecule has 0 bridgehead atoms. The van der Waals surface area contributed by atoms with Crippen LogP contribution in [0.1, 0.15) is 5.56 Å². The molecule has 3 rings (SSSR count). The molecule has 0 fully saturated rings. The van der Waals surface area contributed by atoms with Gasteiger partial charge < -0.3 is 10.1 Å². The normalized spacial score (nSPS) is 13.4. The van der Waals surface area contributed by atoms with Crippen LogP contribution >= 0.6 is 0 Å². The van der Waals surface area contributed by atoms with Crippen molar-refractivity contribution in [2.75, 3.05) is 13.1 Å². The van der Waals surface area contributed by atoms with Crippen molar-refractivity contribution in [1.29, 1.82) is 0 Å². The number of nitrogens with one attached hydrogen (secondary N) is 1. The predicted molar refractivity (Wildman–Crippen MR) is 79.0 cm³/mol. The lowest BCUT2D eigenvalue weighted by atomic mass is 10.2. The second-order valence-electron chi connectivity index (χ2n) is 4.51. The van der Waals surface area contributed by atoms with Crippen LogP contribution in [0.15, 0.2) is 53.5 Å². The first-order valence-electron chi connectivity index (χ1n) is 6.54. The van der Waals surface area contributed by atoms with E-state index in [1.54, 1.807) is 12.1 Å². The molecule has 0 saturated carbocycles. The fraction of sp³-hybridized carbons (Fsp3) is 0.133. The number of ether oxygens (including phenoxy) is 1. The summed E-state index contributed by atoms with van der Waals surface area (Å²) in [7, 11) is 0. The Morgan fingerprint density at radius 1 is 1.19 bits per heavy atom. The number of nitrogens with zero attached hydrogens (tertiary/aromatic N) is 2. The van der Waals surface area contributed by atoms with Crippen LogP contribution in [0.25, 0.3) is 0 Å². The van der Waals surface area contributed by atoms with E-state index in [2.05, 4.69) is 10.3 Å². The van der Waals surface area contributed by atoms with Crippen LogP contribution in [-0.2, 0) is 0 Å². The van der Waals surface area contributed by atoms with Gasteiger partial charge in [0.25, 0.3) is 5.69 Å². The first kappa shape index (κ1) is 13.1. The molecule has 0 amide bonds. The highest BCUT2D eigenvalue weighted by Crippen LogP contribution is 2.28. The number of hydrogen-bond donors (Lipinski definition) is 1. The van der Waals surface area contributed by atoms with Crippen molar-refractivity contribution in [2.45, 2.75) is 0 Å². The lowest BCUT2D eigenvalue weighted by molar-refractivity contribution is -0.384. The average Bonchev–Trinajstić information content (AvgIpc) is 3.02. The summed E-state index contributed by atoms with van der Waals surface area (Å²) in [5, 5.41) is 14.0. The van der Waals surface area contributed by atoms with Crippen LogP contribution < -0.4 is 10.1 Å². The molecule has 0 atom stereocenters. The molecule has 1 heterocycles. The minimum absolute atomic E-state index is 0.00122. The van der Waals surface area contributed by atoms with Crippen molar-refractivity contribution in [1.82, 2.24) is 5.32 Å². The Hall–Kier alpha value is -2.89. The van der Waals surface area contributed by atoms with Crippen molar-refractivity contribution in [2.24, 2.45) is 4.99 Å². The summed E-state index contributed by atoms with van der Waals surface area (Å²) in [4.78, 5) is 14.7. The highest BCUT2D eigenvalue weighted by molar-refractivity contribution is 6.02. The number of rotatable bonds is 4. The summed E-state index contributed by atoms with van der Waals surface area (Å²) in [5.74, 6) is 1.83. The average molecular weight is 283 g/mol. The Balaban J connectivity index is 1.91. The van der Waals surface area contributed by atoms with Crippen LogP contribution in [0, 0.1) is 10.1 Å². The van der Waals surface area contributed by atoms with Gasteiger partial charge in [-0.1, -0.05) is 18.2 Å². The van der Waals surface area contributed by atoms with Crippen LogP contribution in [-0.4, -0.2) is 23.8 Å². The molecule has 106 valence electrons. The number of benzene rings is 2. The first-order valence-corrected chi connectivity index (χ1v) is 6.54. The lowest BCUT2D eigenvalue weighted by Crippen LogP contribution is -2.19. The van der Waals surface area contributed by atoms with Gasteiger partial charge in [0.2, 0.25) is 0 Å². The van der Waals surface area contributed by atoms with Gasteiger partial charge in [0.15, 0.2) is 0 Å². The number of amidine groups is 1. The van der Waals surface area contributed by atoms with Crippen LogP contribution in [0.4, 0.5) is 5.69 Å². The van der Waals surface area contributed by atoms with Gasteiger partial charge in [-0.3, -0.25) is 15.1 Å². The maximum absolute atomic E-state index is 10.8. The Labute approximate surface area is 121 Å². The minimum atomic E-state index is -0.443. The van der Waals surface area contributed by atoms with Crippen LogP contribution in [0.2, 0.25) is 0 Å². The van der Waals surface area contributed by atoms with Crippen molar-refractivity contribution >= 4 is 11.5 Å². The van der Waals surface area contributed by atoms with E-state index in [9.17, 15) is 10.1 Å². The monoisotopic (exact) mass is 283 g/mol. The summed E-state index contributed by atoms with van der Waals surface area (Å²) in [5.41, 5.74) is 0.850. The van der Waals surface area contributed by atoms with Gasteiger partial charge in [-0.25, -0.2) is 0 Å². The number of aliphatic imine (C=N–C) groups is 1. The van der Waals surface area contributed by atoms with E-state index in [1.165, 1.54) is 12.1 Å². The number of para-hydroxylation sites is 1. The first-order chi connectivity index (χ1) is 10.2. The maximum Gasteiger partial charge on any atom is 0.273 e. The molecule has 1 N–H and O–H groups in total. The number of nitro benzene ring substituents is 1. The Bertz CT molecular complexity index is 713. The minimum Gasteiger partial charge on any atom is -0.456 e. The molecular formula is C15H13N3O3. The molecule has 21 heavy (non-hydrogen) atoms. The van der Waals surface area contributed by atoms with E-state index in [0.717, 1.165) is 24.5 Å². The largest absolute Gasteiger partial charge is 0.456 e. The second kappa shape index (κ2) is 5.62. The Kier molecular flexibility index (Phi) is 3.51. The third-order valence-electron chi connectivity index (χ3n) is 3.07. The van der Waals surface area contributed by atoms with Crippen molar-refractivity contribution in [3.8, 4) is 11.5 Å². The van der Waals surface area contributed by atoms with Gasteiger partial charge in [-0.2, -0.15) is 0 Å². The number of nitro groups is 1. The highest BCUT2D eigenvalue weighted by atomic mass is 16.6. The summed E-state index contributed by atoms with van der Waals surface area (Å²) >= 11 is 0. The van der Waals surface area contributed by atoms with Crippen molar-refractivity contribution < 1.29 is 9.66 Å². The zero-order chi connectivity index (χ0) is 14.7. The maximum atomic E-state index is 10.8. The Morgan fingerprint density at radius 3 is 2.81 bits per heavy atom. The fourth-order valence-electron chi connectivity index (χ4n) is 2.12. The van der Waals surface area contributed by atoms with Crippen LogP contribution in [0.3, 0.4) is 0 Å². The Morgan fingerprint density at radius 2 is 2.05 bits per heavy atom. The quantitative estimate of drug-likeness (QED) is 0.691. The summed E-state index contributed by atoms with van der Waals surface area (Å²) in [6, 6.07) is 13.6. The molecule has 0 aromatic heterocycles. The van der Waals surface area contributed by atoms with Crippen molar-refractivity contribution in [3.63, 3.8) is 0 Å². The summed E-state index contributed by atoms with van der Waals surface area (Å²) in [6.45, 7) is 1.54. The summed E-state index contributed by atoms with van der Waals surface area (Å²) in [6.07, 6.45) is 0. The van der Waals surface area contributed by atoms with Crippen molar-refractivity contribution in [3.05, 3.63) is 64.2 Å². The topological polar surface area (TPSA) is 76.8 Å². The fourth-order valence-corrected chi connectivity index (χ4v) is 2.12. The molecule has 0 saturated heterocycles. The van der Waals surface area contributed by atoms with Gasteiger partial charge in [-0.15, -0.1) is 0 Å². The molecule has 2 aromatic carbocycles. The standard InChI is InChI=1S/C15H13N3O3/c19-18(20)11-4-3-5-12(10-11)21-14-7-2-1-6-13(14)15-16-8-9-17-15/h1-7,10H,8-9H2,(H,16,17). The molecule has 1 aliphatic rings. The number of hydrogen-bond acceptors (Lipinski definition) is 5. The molecule has 2 aromatic rings. The second-order valence-corrected chi connectivity index (χ2v) is 4.51. The molecule has 0 aliphatic carbocycles. The molecular weight excluding hydrogens is 270 g/mol. The number of non-ortho nitro benzene ring substituents is 1. The molecule has 0 radical (unpaired) electrons. The van der Waals surface area contributed by atoms with Gasteiger partial charge in [0, 0.05) is 12.6 Å². The van der Waals surface area contributed by atoms with Gasteiger partial charge in [0.1, 0.15) is 17.3 Å². The lowest BCUT2D eigenvalue weighted by Gasteiger charge is -2.11. The zero-order valence-corrected chi connectivity index (χ0v) is 11.2. The molecule has 0 unspecified atom stereocenters. The van der Waals surface area contributed by atoms with E-state index in [1.807, 2.05) is 24.3 Å². The third-order valence-corrected chi connectivity index (χ3v) is 3.07. The highest BCUT2D eigenvalue weighted by Gasteiger charge is 2.14. The summed E-state index contributed by atoms with van der Waals surface area (Å²) < 4.78 is 5.79. The van der Waals surface area contributed by atoms with Gasteiger partial charge in [0.05, 0.1) is 23.1 Å². The van der Waals surface area contributed by atoms with E-state index in [4.69, 9.17) is 4.74 Å². The van der Waals surface area contributed by atoms with Gasteiger partial charge >= 0.3 is 0 Å². The van der Waals surface area contributed by atoms with E-state index >= 15 is 0 Å². The SMILES string of the molecule is O=[N+]([O-])c1cccc(Oc2ccccc2C2=NCCN2)c1. The molecule has 6 heteroatoms. The van der Waals surface area contributed by atoms with E-state index < -0.39 is 4.92 Å². The van der Waals surface area contributed by atoms with E-state index in [-0.39, 0.29) is 5.69 Å². The van der Waals surface area contributed by atoms with Gasteiger partial charge in [-0.05, 0) is 18.2 Å². The smallest absolute Gasteiger partial charge is 0.273 e. The molecule has 1 aliphatic heterocycles. The van der Waals surface area contributed by atoms with E-state index in [0.29, 0.717) is 11.5 Å². The predicted octanol–water partition coefficient (Wildman–Crippen LogP) is 2.74.